The van der Waals surface area contributed by atoms with Crippen molar-refractivity contribution in [3.63, 3.8) is 0 Å². The van der Waals surface area contributed by atoms with Crippen LogP contribution in [-0.4, -0.2) is 5.11 Å². The third-order valence-electron chi connectivity index (χ3n) is 3.10. The average Bonchev–Trinajstić information content (AvgIpc) is 2.37. The molecule has 0 heterocycles. The second-order valence-electron chi connectivity index (χ2n) is 4.83. The van der Waals surface area contributed by atoms with Crippen molar-refractivity contribution in [2.75, 3.05) is 0 Å². The van der Waals surface area contributed by atoms with Crippen molar-refractivity contribution >= 4 is 0 Å². The first-order valence-corrected chi connectivity index (χ1v) is 6.30. The molecular formula is C16H16F2O2. The summed E-state index contributed by atoms with van der Waals surface area (Å²) in [7, 11) is 0. The van der Waals surface area contributed by atoms with Crippen molar-refractivity contribution in [2.45, 2.75) is 26.9 Å². The summed E-state index contributed by atoms with van der Waals surface area (Å²) in [5, 5.41) is 9.69. The zero-order valence-electron chi connectivity index (χ0n) is 11.6. The zero-order valence-corrected chi connectivity index (χ0v) is 11.6. The Morgan fingerprint density at radius 1 is 1.00 bits per heavy atom. The van der Waals surface area contributed by atoms with E-state index in [4.69, 9.17) is 4.74 Å². The molecule has 20 heavy (non-hydrogen) atoms. The maximum atomic E-state index is 13.6. The predicted molar refractivity (Wildman–Crippen MR) is 73.0 cm³/mol. The van der Waals surface area contributed by atoms with E-state index in [9.17, 15) is 13.9 Å². The van der Waals surface area contributed by atoms with Crippen LogP contribution in [0.25, 0.3) is 0 Å². The highest BCUT2D eigenvalue weighted by molar-refractivity contribution is 5.43. The molecule has 1 N–H and O–H groups in total. The lowest BCUT2D eigenvalue weighted by atomic mass is 10.1. The molecule has 0 fully saturated rings. The molecule has 0 saturated carbocycles. The quantitative estimate of drug-likeness (QED) is 0.900. The fraction of sp³-hybridized carbons (Fsp3) is 0.250. The van der Waals surface area contributed by atoms with Gasteiger partial charge >= 0.3 is 0 Å². The monoisotopic (exact) mass is 278 g/mol. The van der Waals surface area contributed by atoms with Crippen LogP contribution >= 0.6 is 0 Å². The summed E-state index contributed by atoms with van der Waals surface area (Å²) < 4.78 is 32.4. The first-order valence-electron chi connectivity index (χ1n) is 6.30. The number of halogens is 2. The van der Waals surface area contributed by atoms with Crippen LogP contribution < -0.4 is 4.74 Å². The number of aliphatic hydroxyl groups excluding tert-OH is 1. The fourth-order valence-corrected chi connectivity index (χ4v) is 1.89. The van der Waals surface area contributed by atoms with Gasteiger partial charge in [0.05, 0.1) is 6.10 Å². The van der Waals surface area contributed by atoms with Gasteiger partial charge in [-0.25, -0.2) is 8.78 Å². The van der Waals surface area contributed by atoms with Crippen LogP contribution in [0.4, 0.5) is 8.78 Å². The van der Waals surface area contributed by atoms with Gasteiger partial charge in [0.25, 0.3) is 0 Å². The summed E-state index contributed by atoms with van der Waals surface area (Å²) in [5.74, 6) is 0.0913. The first-order chi connectivity index (χ1) is 9.38. The van der Waals surface area contributed by atoms with E-state index in [0.29, 0.717) is 28.2 Å². The summed E-state index contributed by atoms with van der Waals surface area (Å²) in [6.07, 6.45) is -0.860. The Morgan fingerprint density at radius 3 is 2.25 bits per heavy atom. The molecule has 0 aliphatic heterocycles. The lowest BCUT2D eigenvalue weighted by Crippen LogP contribution is -1.99. The maximum Gasteiger partial charge on any atom is 0.133 e. The minimum atomic E-state index is -0.860. The third kappa shape index (κ3) is 2.96. The Kier molecular flexibility index (Phi) is 4.04. The van der Waals surface area contributed by atoms with Crippen molar-refractivity contribution in [2.24, 2.45) is 0 Å². The Balaban J connectivity index is 2.41. The van der Waals surface area contributed by atoms with Gasteiger partial charge in [-0.05, 0) is 62.2 Å². The van der Waals surface area contributed by atoms with Crippen molar-refractivity contribution < 1.29 is 18.6 Å². The van der Waals surface area contributed by atoms with Gasteiger partial charge in [-0.3, -0.25) is 0 Å². The van der Waals surface area contributed by atoms with E-state index >= 15 is 0 Å². The van der Waals surface area contributed by atoms with Crippen LogP contribution in [0.1, 0.15) is 29.7 Å². The summed E-state index contributed by atoms with van der Waals surface area (Å²) in [4.78, 5) is 0. The SMILES string of the molecule is Cc1cc(Oc2cc(C)c(F)cc2[C@H](C)O)ccc1F. The van der Waals surface area contributed by atoms with Crippen molar-refractivity contribution in [1.82, 2.24) is 0 Å². The molecule has 0 spiro atoms. The van der Waals surface area contributed by atoms with Crippen LogP contribution in [0.15, 0.2) is 30.3 Å². The van der Waals surface area contributed by atoms with Crippen LogP contribution in [-0.2, 0) is 0 Å². The smallest absolute Gasteiger partial charge is 0.133 e. The largest absolute Gasteiger partial charge is 0.457 e. The van der Waals surface area contributed by atoms with Gasteiger partial charge in [0.2, 0.25) is 0 Å². The lowest BCUT2D eigenvalue weighted by molar-refractivity contribution is 0.195. The Labute approximate surface area is 116 Å². The molecule has 2 aromatic rings. The molecule has 2 rings (SSSR count). The molecule has 2 nitrogen and oxygen atoms in total. The van der Waals surface area contributed by atoms with Gasteiger partial charge in [0.1, 0.15) is 23.1 Å². The van der Waals surface area contributed by atoms with Crippen LogP contribution in [0, 0.1) is 25.5 Å². The number of rotatable bonds is 3. The zero-order chi connectivity index (χ0) is 14.9. The van der Waals surface area contributed by atoms with E-state index in [2.05, 4.69) is 0 Å². The minimum absolute atomic E-state index is 0.316. The summed E-state index contributed by atoms with van der Waals surface area (Å²) in [6.45, 7) is 4.78. The molecule has 0 aliphatic carbocycles. The van der Waals surface area contributed by atoms with Crippen molar-refractivity contribution in [3.8, 4) is 11.5 Å². The molecule has 0 unspecified atom stereocenters. The molecule has 106 valence electrons. The second kappa shape index (κ2) is 5.59. The highest BCUT2D eigenvalue weighted by Gasteiger charge is 2.14. The third-order valence-corrected chi connectivity index (χ3v) is 3.10. The number of aliphatic hydroxyl groups is 1. The Bertz CT molecular complexity index is 637. The molecule has 0 aliphatic rings. The second-order valence-corrected chi connectivity index (χ2v) is 4.83. The van der Waals surface area contributed by atoms with Crippen LogP contribution in [0.3, 0.4) is 0 Å². The topological polar surface area (TPSA) is 29.5 Å². The molecule has 4 heteroatoms. The minimum Gasteiger partial charge on any atom is -0.457 e. The highest BCUT2D eigenvalue weighted by atomic mass is 19.1. The van der Waals surface area contributed by atoms with Gasteiger partial charge in [0, 0.05) is 5.56 Å². The number of ether oxygens (including phenoxy) is 1. The number of aryl methyl sites for hydroxylation is 2. The molecule has 0 aromatic heterocycles. The van der Waals surface area contributed by atoms with Gasteiger partial charge in [-0.15, -0.1) is 0 Å². The maximum absolute atomic E-state index is 13.6. The number of hydrogen-bond donors (Lipinski definition) is 1. The highest BCUT2D eigenvalue weighted by Crippen LogP contribution is 2.32. The Morgan fingerprint density at radius 2 is 1.65 bits per heavy atom. The molecule has 0 bridgehead atoms. The summed E-state index contributed by atoms with van der Waals surface area (Å²) >= 11 is 0. The van der Waals surface area contributed by atoms with Gasteiger partial charge in [-0.2, -0.15) is 0 Å². The standard InChI is InChI=1S/C16H16F2O2/c1-9-6-12(4-5-14(9)17)20-16-7-10(2)15(18)8-13(16)11(3)19/h4-8,11,19H,1-3H3/t11-/m0/s1. The van der Waals surface area contributed by atoms with E-state index in [1.54, 1.807) is 19.9 Å². The summed E-state index contributed by atoms with van der Waals surface area (Å²) in [6, 6.07) is 7.14. The summed E-state index contributed by atoms with van der Waals surface area (Å²) in [5.41, 5.74) is 1.23. The van der Waals surface area contributed by atoms with E-state index in [0.717, 1.165) is 0 Å². The van der Waals surface area contributed by atoms with Crippen LogP contribution in [0.2, 0.25) is 0 Å². The van der Waals surface area contributed by atoms with E-state index < -0.39 is 11.9 Å². The number of hydrogen-bond acceptors (Lipinski definition) is 2. The molecular weight excluding hydrogens is 262 g/mol. The molecule has 0 saturated heterocycles. The molecule has 2 aromatic carbocycles. The van der Waals surface area contributed by atoms with E-state index in [1.165, 1.54) is 31.2 Å². The molecule has 1 atom stereocenters. The average molecular weight is 278 g/mol. The van der Waals surface area contributed by atoms with Gasteiger partial charge < -0.3 is 9.84 Å². The van der Waals surface area contributed by atoms with Crippen molar-refractivity contribution in [1.29, 1.82) is 0 Å². The number of benzene rings is 2. The fourth-order valence-electron chi connectivity index (χ4n) is 1.89. The first kappa shape index (κ1) is 14.5. The van der Waals surface area contributed by atoms with E-state index in [1.807, 2.05) is 0 Å². The predicted octanol–water partition coefficient (Wildman–Crippen LogP) is 4.43. The normalized spacial score (nSPS) is 12.3. The lowest BCUT2D eigenvalue weighted by Gasteiger charge is -2.15. The van der Waals surface area contributed by atoms with Crippen molar-refractivity contribution in [3.05, 3.63) is 58.7 Å². The molecule has 0 amide bonds. The van der Waals surface area contributed by atoms with E-state index in [-0.39, 0.29) is 5.82 Å². The molecule has 0 radical (unpaired) electrons. The van der Waals surface area contributed by atoms with Gasteiger partial charge in [-0.1, -0.05) is 0 Å². The Hall–Kier alpha value is -1.94. The van der Waals surface area contributed by atoms with Gasteiger partial charge in [0.15, 0.2) is 0 Å². The van der Waals surface area contributed by atoms with Crippen LogP contribution in [0.5, 0.6) is 11.5 Å².